The number of aliphatic imine (C=N–C) groups is 1. The molecule has 3 rings (SSSR count). The minimum Gasteiger partial charge on any atom is -0.352 e. The Bertz CT molecular complexity index is 657. The Labute approximate surface area is 134 Å². The van der Waals surface area contributed by atoms with E-state index in [0.29, 0.717) is 6.54 Å². The van der Waals surface area contributed by atoms with Crippen molar-refractivity contribution in [2.45, 2.75) is 45.8 Å². The first-order valence-electron chi connectivity index (χ1n) is 7.66. The molecule has 0 saturated heterocycles. The van der Waals surface area contributed by atoms with Crippen molar-refractivity contribution in [2.75, 3.05) is 7.05 Å². The standard InChI is InChI=1S/C15H22N6S/c1-11-6-8-22-12(11)9-17-15(16-2)18-10-14-20-19-13-5-3-4-7-21(13)14/h6,8H,3-5,7,9-10H2,1-2H3,(H2,16,17,18). The summed E-state index contributed by atoms with van der Waals surface area (Å²) in [5.41, 5.74) is 1.32. The number of thiophene rings is 1. The van der Waals surface area contributed by atoms with Crippen LogP contribution < -0.4 is 10.6 Å². The lowest BCUT2D eigenvalue weighted by molar-refractivity contribution is 0.504. The van der Waals surface area contributed by atoms with E-state index in [-0.39, 0.29) is 0 Å². The Kier molecular flexibility index (Phi) is 4.72. The van der Waals surface area contributed by atoms with E-state index in [1.54, 1.807) is 18.4 Å². The van der Waals surface area contributed by atoms with E-state index in [2.05, 4.69) is 48.8 Å². The zero-order chi connectivity index (χ0) is 15.4. The van der Waals surface area contributed by atoms with Crippen LogP contribution in [0, 0.1) is 6.92 Å². The third-order valence-electron chi connectivity index (χ3n) is 3.96. The van der Waals surface area contributed by atoms with E-state index >= 15 is 0 Å². The number of nitrogens with zero attached hydrogens (tertiary/aromatic N) is 4. The van der Waals surface area contributed by atoms with Crippen molar-refractivity contribution in [2.24, 2.45) is 4.99 Å². The maximum atomic E-state index is 4.30. The average molecular weight is 318 g/mol. The summed E-state index contributed by atoms with van der Waals surface area (Å²) >= 11 is 1.76. The van der Waals surface area contributed by atoms with Gasteiger partial charge in [0, 0.05) is 24.9 Å². The maximum absolute atomic E-state index is 4.30. The fourth-order valence-electron chi connectivity index (χ4n) is 2.63. The number of guanidine groups is 1. The number of hydrogen-bond donors (Lipinski definition) is 2. The molecule has 0 atom stereocenters. The van der Waals surface area contributed by atoms with Gasteiger partial charge in [0.1, 0.15) is 5.82 Å². The Morgan fingerprint density at radius 3 is 2.95 bits per heavy atom. The van der Waals surface area contributed by atoms with Gasteiger partial charge in [-0.15, -0.1) is 21.5 Å². The van der Waals surface area contributed by atoms with Crippen LogP contribution in [-0.4, -0.2) is 27.8 Å². The zero-order valence-electron chi connectivity index (χ0n) is 13.1. The summed E-state index contributed by atoms with van der Waals surface area (Å²) in [6.45, 7) is 4.60. The lowest BCUT2D eigenvalue weighted by Crippen LogP contribution is -2.37. The molecule has 1 aliphatic heterocycles. The van der Waals surface area contributed by atoms with Crippen LogP contribution in [0.1, 0.15) is 34.9 Å². The number of hydrogen-bond acceptors (Lipinski definition) is 4. The molecule has 2 N–H and O–H groups in total. The van der Waals surface area contributed by atoms with Crippen molar-refractivity contribution in [3.8, 4) is 0 Å². The minimum atomic E-state index is 0.649. The van der Waals surface area contributed by atoms with Crippen LogP contribution in [0.3, 0.4) is 0 Å². The number of aryl methyl sites for hydroxylation is 2. The fourth-order valence-corrected chi connectivity index (χ4v) is 3.48. The second-order valence-electron chi connectivity index (χ2n) is 5.45. The first-order chi connectivity index (χ1) is 10.8. The maximum Gasteiger partial charge on any atom is 0.191 e. The Morgan fingerprint density at radius 2 is 2.18 bits per heavy atom. The SMILES string of the molecule is CN=C(NCc1sccc1C)NCc1nnc2n1CCCC2. The topological polar surface area (TPSA) is 67.1 Å². The van der Waals surface area contributed by atoms with Crippen molar-refractivity contribution >= 4 is 17.3 Å². The molecule has 118 valence electrons. The van der Waals surface area contributed by atoms with E-state index in [9.17, 15) is 0 Å². The average Bonchev–Trinajstić information content (AvgIpc) is 3.14. The normalized spacial score (nSPS) is 14.7. The van der Waals surface area contributed by atoms with Crippen LogP contribution in [0.25, 0.3) is 0 Å². The lowest BCUT2D eigenvalue weighted by atomic mass is 10.2. The van der Waals surface area contributed by atoms with Crippen molar-refractivity contribution in [3.05, 3.63) is 33.5 Å². The van der Waals surface area contributed by atoms with Crippen LogP contribution in [-0.2, 0) is 26.1 Å². The van der Waals surface area contributed by atoms with Crippen LogP contribution >= 0.6 is 11.3 Å². The van der Waals surface area contributed by atoms with Crippen LogP contribution in [0.15, 0.2) is 16.4 Å². The number of nitrogens with one attached hydrogen (secondary N) is 2. The third kappa shape index (κ3) is 3.30. The van der Waals surface area contributed by atoms with Crippen molar-refractivity contribution in [1.82, 2.24) is 25.4 Å². The number of aromatic nitrogens is 3. The van der Waals surface area contributed by atoms with E-state index in [0.717, 1.165) is 37.1 Å². The Morgan fingerprint density at radius 1 is 1.32 bits per heavy atom. The second-order valence-corrected chi connectivity index (χ2v) is 6.45. The highest BCUT2D eigenvalue weighted by Gasteiger charge is 2.15. The molecule has 2 aromatic heterocycles. The van der Waals surface area contributed by atoms with Gasteiger partial charge in [-0.3, -0.25) is 4.99 Å². The van der Waals surface area contributed by atoms with Crippen LogP contribution in [0.4, 0.5) is 0 Å². The molecule has 3 heterocycles. The molecule has 2 aromatic rings. The van der Waals surface area contributed by atoms with Crippen LogP contribution in [0.2, 0.25) is 0 Å². The highest BCUT2D eigenvalue weighted by atomic mass is 32.1. The molecule has 0 radical (unpaired) electrons. The van der Waals surface area contributed by atoms with Gasteiger partial charge in [0.2, 0.25) is 0 Å². The number of rotatable bonds is 4. The monoisotopic (exact) mass is 318 g/mol. The predicted octanol–water partition coefficient (Wildman–Crippen LogP) is 1.85. The molecule has 6 nitrogen and oxygen atoms in total. The molecule has 0 aromatic carbocycles. The second kappa shape index (κ2) is 6.91. The van der Waals surface area contributed by atoms with Crippen molar-refractivity contribution in [3.63, 3.8) is 0 Å². The summed E-state index contributed by atoms with van der Waals surface area (Å²) in [5, 5.41) is 17.4. The first-order valence-corrected chi connectivity index (χ1v) is 8.54. The minimum absolute atomic E-state index is 0.649. The Balaban J connectivity index is 1.55. The summed E-state index contributed by atoms with van der Waals surface area (Å²) in [7, 11) is 1.79. The molecule has 0 bridgehead atoms. The van der Waals surface area contributed by atoms with Gasteiger partial charge in [-0.05, 0) is 36.8 Å². The molecule has 22 heavy (non-hydrogen) atoms. The van der Waals surface area contributed by atoms with Crippen molar-refractivity contribution < 1.29 is 0 Å². The predicted molar refractivity (Wildman–Crippen MR) is 89.1 cm³/mol. The molecule has 0 amide bonds. The van der Waals surface area contributed by atoms with Gasteiger partial charge < -0.3 is 15.2 Å². The highest BCUT2D eigenvalue weighted by molar-refractivity contribution is 7.10. The van der Waals surface area contributed by atoms with E-state index in [1.807, 2.05) is 0 Å². The molecule has 0 spiro atoms. The van der Waals surface area contributed by atoms with Crippen LogP contribution in [0.5, 0.6) is 0 Å². The molecule has 0 fully saturated rings. The summed E-state index contributed by atoms with van der Waals surface area (Å²) in [4.78, 5) is 5.61. The lowest BCUT2D eigenvalue weighted by Gasteiger charge is -2.16. The molecule has 0 saturated carbocycles. The van der Waals surface area contributed by atoms with Gasteiger partial charge in [-0.25, -0.2) is 0 Å². The molecular formula is C15H22N6S. The van der Waals surface area contributed by atoms with Gasteiger partial charge >= 0.3 is 0 Å². The fraction of sp³-hybridized carbons (Fsp3) is 0.533. The summed E-state index contributed by atoms with van der Waals surface area (Å²) in [6, 6.07) is 2.14. The van der Waals surface area contributed by atoms with E-state index in [4.69, 9.17) is 0 Å². The highest BCUT2D eigenvalue weighted by Crippen LogP contribution is 2.15. The zero-order valence-corrected chi connectivity index (χ0v) is 13.9. The molecule has 0 unspecified atom stereocenters. The quantitative estimate of drug-likeness (QED) is 0.667. The summed E-state index contributed by atoms with van der Waals surface area (Å²) in [6.07, 6.45) is 3.47. The largest absolute Gasteiger partial charge is 0.352 e. The van der Waals surface area contributed by atoms with Crippen molar-refractivity contribution in [1.29, 1.82) is 0 Å². The molecule has 7 heteroatoms. The first kappa shape index (κ1) is 15.0. The third-order valence-corrected chi connectivity index (χ3v) is 4.98. The van der Waals surface area contributed by atoms with Gasteiger partial charge in [0.05, 0.1) is 13.1 Å². The molecule has 0 aliphatic carbocycles. The molecule has 1 aliphatic rings. The van der Waals surface area contributed by atoms with E-state index in [1.165, 1.54) is 23.3 Å². The summed E-state index contributed by atoms with van der Waals surface area (Å²) in [5.74, 6) is 2.89. The number of fused-ring (bicyclic) bond motifs is 1. The van der Waals surface area contributed by atoms with E-state index < -0.39 is 0 Å². The van der Waals surface area contributed by atoms with Gasteiger partial charge in [0.15, 0.2) is 11.8 Å². The van der Waals surface area contributed by atoms with Gasteiger partial charge in [0.25, 0.3) is 0 Å². The van der Waals surface area contributed by atoms with Gasteiger partial charge in [-0.2, -0.15) is 0 Å². The Hall–Kier alpha value is -1.89. The summed E-state index contributed by atoms with van der Waals surface area (Å²) < 4.78 is 2.23. The molecular weight excluding hydrogens is 296 g/mol. The smallest absolute Gasteiger partial charge is 0.191 e. The van der Waals surface area contributed by atoms with Gasteiger partial charge in [-0.1, -0.05) is 0 Å².